The molecule has 3 aromatic rings. The zero-order valence-corrected chi connectivity index (χ0v) is 13.1. The van der Waals surface area contributed by atoms with Gasteiger partial charge in [-0.1, -0.05) is 35.3 Å². The summed E-state index contributed by atoms with van der Waals surface area (Å²) < 4.78 is 1.79. The number of nitrogens with zero attached hydrogens (tertiary/aromatic N) is 2. The van der Waals surface area contributed by atoms with E-state index in [0.717, 1.165) is 11.0 Å². The first kappa shape index (κ1) is 15.3. The van der Waals surface area contributed by atoms with E-state index in [4.69, 9.17) is 23.2 Å². The van der Waals surface area contributed by atoms with Gasteiger partial charge in [-0.3, -0.25) is 0 Å². The van der Waals surface area contributed by atoms with E-state index in [1.807, 2.05) is 24.3 Å². The molecule has 0 radical (unpaired) electrons. The second kappa shape index (κ2) is 6.26. The normalized spacial score (nSPS) is 12.7. The zero-order chi connectivity index (χ0) is 15.7. The number of aromatic nitrogens is 2. The van der Waals surface area contributed by atoms with Crippen LogP contribution < -0.4 is 0 Å². The number of fused-ring (bicyclic) bond motifs is 1. The van der Waals surface area contributed by atoms with Crippen LogP contribution in [0, 0.1) is 0 Å². The lowest BCUT2D eigenvalue weighted by Crippen LogP contribution is -2.12. The lowest BCUT2D eigenvalue weighted by molar-refractivity contribution is 0.153. The first-order valence-electron chi connectivity index (χ1n) is 6.78. The Bertz CT molecular complexity index is 817. The quantitative estimate of drug-likeness (QED) is 0.765. The zero-order valence-electron chi connectivity index (χ0n) is 11.6. The summed E-state index contributed by atoms with van der Waals surface area (Å²) in [6, 6.07) is 12.5. The van der Waals surface area contributed by atoms with Gasteiger partial charge in [-0.05, 0) is 30.3 Å². The molecule has 0 fully saturated rings. The van der Waals surface area contributed by atoms with E-state index >= 15 is 0 Å². The largest absolute Gasteiger partial charge is 0.388 e. The number of aliphatic hydroxyl groups excluding tert-OH is 2. The average Bonchev–Trinajstić information content (AvgIpc) is 2.87. The van der Waals surface area contributed by atoms with Crippen molar-refractivity contribution in [2.24, 2.45) is 0 Å². The van der Waals surface area contributed by atoms with E-state index in [9.17, 15) is 10.2 Å². The van der Waals surface area contributed by atoms with Gasteiger partial charge in [-0.25, -0.2) is 4.98 Å². The van der Waals surface area contributed by atoms with Crippen molar-refractivity contribution in [3.8, 4) is 0 Å². The number of imidazole rings is 1. The van der Waals surface area contributed by atoms with Crippen molar-refractivity contribution >= 4 is 34.2 Å². The maximum Gasteiger partial charge on any atom is 0.135 e. The Morgan fingerprint density at radius 2 is 1.91 bits per heavy atom. The standard InChI is InChI=1S/C16H14Cl2N2O2/c17-10-5-6-12(18)11(7-10)15(22)8-20-14-4-2-1-3-13(14)19-16(20)9-21/h1-7,15,21-22H,8-9H2. The second-order valence-electron chi connectivity index (χ2n) is 4.97. The van der Waals surface area contributed by atoms with Gasteiger partial charge >= 0.3 is 0 Å². The smallest absolute Gasteiger partial charge is 0.135 e. The van der Waals surface area contributed by atoms with Crippen LogP contribution in [0.1, 0.15) is 17.5 Å². The van der Waals surface area contributed by atoms with Crippen LogP contribution in [0.2, 0.25) is 10.0 Å². The Hall–Kier alpha value is -1.59. The highest BCUT2D eigenvalue weighted by atomic mass is 35.5. The summed E-state index contributed by atoms with van der Waals surface area (Å²) in [7, 11) is 0. The third-order valence-electron chi connectivity index (χ3n) is 3.55. The Kier molecular flexibility index (Phi) is 4.36. The molecule has 0 aliphatic carbocycles. The predicted octanol–water partition coefficient (Wildman–Crippen LogP) is 3.57. The maximum atomic E-state index is 10.5. The van der Waals surface area contributed by atoms with Gasteiger partial charge in [0.2, 0.25) is 0 Å². The van der Waals surface area contributed by atoms with E-state index in [1.54, 1.807) is 22.8 Å². The molecule has 0 bridgehead atoms. The van der Waals surface area contributed by atoms with Gasteiger partial charge < -0.3 is 14.8 Å². The fourth-order valence-corrected chi connectivity index (χ4v) is 2.92. The Morgan fingerprint density at radius 1 is 1.14 bits per heavy atom. The Morgan fingerprint density at radius 3 is 2.68 bits per heavy atom. The minimum absolute atomic E-state index is 0.204. The SMILES string of the molecule is OCc1nc2ccccc2n1CC(O)c1cc(Cl)ccc1Cl. The van der Waals surface area contributed by atoms with Crippen LogP contribution in [0.25, 0.3) is 11.0 Å². The molecule has 0 saturated carbocycles. The molecule has 0 amide bonds. The molecule has 0 aliphatic rings. The van der Waals surface area contributed by atoms with E-state index in [-0.39, 0.29) is 13.2 Å². The number of benzene rings is 2. The van der Waals surface area contributed by atoms with Crippen LogP contribution in [0.3, 0.4) is 0 Å². The third kappa shape index (κ3) is 2.83. The topological polar surface area (TPSA) is 58.3 Å². The van der Waals surface area contributed by atoms with Crippen LogP contribution in [0.4, 0.5) is 0 Å². The van der Waals surface area contributed by atoms with Crippen molar-refractivity contribution in [1.29, 1.82) is 0 Å². The van der Waals surface area contributed by atoms with Crippen molar-refractivity contribution in [2.75, 3.05) is 0 Å². The lowest BCUT2D eigenvalue weighted by Gasteiger charge is -2.16. The fourth-order valence-electron chi connectivity index (χ4n) is 2.49. The molecule has 3 rings (SSSR count). The number of rotatable bonds is 4. The van der Waals surface area contributed by atoms with E-state index in [1.165, 1.54) is 0 Å². The summed E-state index contributed by atoms with van der Waals surface area (Å²) >= 11 is 12.1. The highest BCUT2D eigenvalue weighted by Crippen LogP contribution is 2.28. The van der Waals surface area contributed by atoms with Crippen molar-refractivity contribution in [3.63, 3.8) is 0 Å². The van der Waals surface area contributed by atoms with Crippen molar-refractivity contribution in [3.05, 3.63) is 63.9 Å². The van der Waals surface area contributed by atoms with Crippen molar-refractivity contribution in [1.82, 2.24) is 9.55 Å². The highest BCUT2D eigenvalue weighted by molar-refractivity contribution is 6.33. The van der Waals surface area contributed by atoms with E-state index in [0.29, 0.717) is 21.4 Å². The van der Waals surface area contributed by atoms with Gasteiger partial charge in [0.15, 0.2) is 0 Å². The predicted molar refractivity (Wildman–Crippen MR) is 87.1 cm³/mol. The second-order valence-corrected chi connectivity index (χ2v) is 5.81. The molecule has 114 valence electrons. The number of hydrogen-bond donors (Lipinski definition) is 2. The summed E-state index contributed by atoms with van der Waals surface area (Å²) in [5, 5.41) is 21.0. The molecule has 22 heavy (non-hydrogen) atoms. The molecule has 2 N–H and O–H groups in total. The molecule has 2 aromatic carbocycles. The van der Waals surface area contributed by atoms with Crippen LogP contribution in [0.15, 0.2) is 42.5 Å². The molecule has 4 nitrogen and oxygen atoms in total. The van der Waals surface area contributed by atoms with Gasteiger partial charge in [0.05, 0.1) is 23.7 Å². The molecule has 0 spiro atoms. The molecule has 6 heteroatoms. The highest BCUT2D eigenvalue weighted by Gasteiger charge is 2.17. The van der Waals surface area contributed by atoms with Crippen LogP contribution in [0.5, 0.6) is 0 Å². The summed E-state index contributed by atoms with van der Waals surface area (Å²) in [6.07, 6.45) is -0.853. The van der Waals surface area contributed by atoms with Gasteiger partial charge in [0, 0.05) is 15.6 Å². The molecule has 1 aromatic heterocycles. The van der Waals surface area contributed by atoms with E-state index in [2.05, 4.69) is 4.98 Å². The fraction of sp³-hybridized carbons (Fsp3) is 0.188. The molecule has 1 unspecified atom stereocenters. The minimum Gasteiger partial charge on any atom is -0.388 e. The number of hydrogen-bond acceptors (Lipinski definition) is 3. The number of halogens is 2. The number of aliphatic hydroxyl groups is 2. The lowest BCUT2D eigenvalue weighted by atomic mass is 10.1. The van der Waals surface area contributed by atoms with Gasteiger partial charge in [-0.15, -0.1) is 0 Å². The maximum absolute atomic E-state index is 10.5. The van der Waals surface area contributed by atoms with Gasteiger partial charge in [0.25, 0.3) is 0 Å². The summed E-state index contributed by atoms with van der Waals surface area (Å²) in [6.45, 7) is 0.0289. The molecule has 1 atom stereocenters. The first-order chi connectivity index (χ1) is 10.6. The summed E-state index contributed by atoms with van der Waals surface area (Å²) in [5.74, 6) is 0.499. The summed E-state index contributed by atoms with van der Waals surface area (Å²) in [5.41, 5.74) is 2.18. The third-order valence-corrected chi connectivity index (χ3v) is 4.13. The summed E-state index contributed by atoms with van der Waals surface area (Å²) in [4.78, 5) is 4.36. The molecular weight excluding hydrogens is 323 g/mol. The van der Waals surface area contributed by atoms with Gasteiger partial charge in [-0.2, -0.15) is 0 Å². The Balaban J connectivity index is 2.00. The molecular formula is C16H14Cl2N2O2. The van der Waals surface area contributed by atoms with Gasteiger partial charge in [0.1, 0.15) is 12.4 Å². The molecule has 0 aliphatic heterocycles. The van der Waals surface area contributed by atoms with Crippen LogP contribution in [-0.2, 0) is 13.2 Å². The monoisotopic (exact) mass is 336 g/mol. The van der Waals surface area contributed by atoms with Crippen molar-refractivity contribution in [2.45, 2.75) is 19.3 Å². The number of para-hydroxylation sites is 2. The van der Waals surface area contributed by atoms with Crippen LogP contribution in [-0.4, -0.2) is 19.8 Å². The Labute approximate surface area is 137 Å². The first-order valence-corrected chi connectivity index (χ1v) is 7.53. The van der Waals surface area contributed by atoms with Crippen LogP contribution >= 0.6 is 23.2 Å². The van der Waals surface area contributed by atoms with E-state index < -0.39 is 6.10 Å². The minimum atomic E-state index is -0.853. The van der Waals surface area contributed by atoms with Crippen molar-refractivity contribution < 1.29 is 10.2 Å². The molecule has 0 saturated heterocycles. The average molecular weight is 337 g/mol. The molecule has 1 heterocycles.